The van der Waals surface area contributed by atoms with Gasteiger partial charge in [-0.05, 0) is 53.9 Å². The first-order chi connectivity index (χ1) is 18.1. The molecule has 3 aromatic heterocycles. The Morgan fingerprint density at radius 1 is 0.973 bits per heavy atom. The Balaban J connectivity index is 1.38. The molecule has 8 heteroatoms. The number of para-hydroxylation sites is 1. The molecule has 0 aliphatic carbocycles. The van der Waals surface area contributed by atoms with E-state index in [1.165, 1.54) is 0 Å². The van der Waals surface area contributed by atoms with Gasteiger partial charge in [0, 0.05) is 43.1 Å². The Kier molecular flexibility index (Phi) is 7.26. The molecule has 2 N–H and O–H groups in total. The molecule has 0 radical (unpaired) electrons. The monoisotopic (exact) mass is 494 g/mol. The van der Waals surface area contributed by atoms with E-state index in [1.807, 2.05) is 65.2 Å². The van der Waals surface area contributed by atoms with Gasteiger partial charge < -0.3 is 20.1 Å². The average Bonchev–Trinajstić information content (AvgIpc) is 3.25. The first-order valence-corrected chi connectivity index (χ1v) is 12.6. The Morgan fingerprint density at radius 3 is 2.65 bits per heavy atom. The molecular weight excluding hydrogens is 464 g/mol. The van der Waals surface area contributed by atoms with E-state index in [4.69, 9.17) is 0 Å². The zero-order chi connectivity index (χ0) is 25.6. The van der Waals surface area contributed by atoms with E-state index < -0.39 is 0 Å². The Bertz CT molecular complexity index is 1380. The molecule has 4 aromatic rings. The third-order valence-corrected chi connectivity index (χ3v) is 6.50. The molecule has 8 nitrogen and oxygen atoms in total. The van der Waals surface area contributed by atoms with Crippen molar-refractivity contribution in [1.82, 2.24) is 19.9 Å². The molecule has 0 fully saturated rings. The Morgan fingerprint density at radius 2 is 1.86 bits per heavy atom. The molecule has 37 heavy (non-hydrogen) atoms. The van der Waals surface area contributed by atoms with Crippen LogP contribution in [0.1, 0.15) is 57.4 Å². The molecule has 0 unspecified atom stereocenters. The fourth-order valence-corrected chi connectivity index (χ4v) is 4.49. The first kappa shape index (κ1) is 24.2. The van der Waals surface area contributed by atoms with Crippen LogP contribution in [0.3, 0.4) is 0 Å². The minimum Gasteiger partial charge on any atom is -0.370 e. The molecule has 0 spiro atoms. The van der Waals surface area contributed by atoms with Crippen molar-refractivity contribution in [3.8, 4) is 0 Å². The minimum atomic E-state index is -0.164. The molecule has 1 aliphatic rings. The van der Waals surface area contributed by atoms with Crippen molar-refractivity contribution in [1.29, 1.82) is 0 Å². The minimum absolute atomic E-state index is 0.128. The number of hydrogen-bond donors (Lipinski definition) is 2. The summed E-state index contributed by atoms with van der Waals surface area (Å²) in [6.45, 7) is 4.24. The van der Waals surface area contributed by atoms with E-state index in [2.05, 4.69) is 27.5 Å². The van der Waals surface area contributed by atoms with Crippen LogP contribution in [0.4, 0.5) is 11.5 Å². The van der Waals surface area contributed by atoms with E-state index >= 15 is 0 Å². The largest absolute Gasteiger partial charge is 0.370 e. The van der Waals surface area contributed by atoms with Crippen LogP contribution in [0.25, 0.3) is 0 Å². The van der Waals surface area contributed by atoms with Crippen LogP contribution in [-0.2, 0) is 19.6 Å². The van der Waals surface area contributed by atoms with Crippen molar-refractivity contribution < 1.29 is 9.59 Å². The third kappa shape index (κ3) is 5.38. The summed E-state index contributed by atoms with van der Waals surface area (Å²) in [5, 5.41) is 6.27. The van der Waals surface area contributed by atoms with Crippen LogP contribution in [0.15, 0.2) is 79.3 Å². The maximum atomic E-state index is 13.7. The summed E-state index contributed by atoms with van der Waals surface area (Å²) in [4.78, 5) is 37.1. The number of anilines is 2. The smallest absolute Gasteiger partial charge is 0.268 e. The van der Waals surface area contributed by atoms with Crippen molar-refractivity contribution in [3.05, 3.63) is 107 Å². The van der Waals surface area contributed by atoms with Gasteiger partial charge in [0.05, 0.1) is 18.7 Å². The van der Waals surface area contributed by atoms with Crippen LogP contribution in [0.2, 0.25) is 0 Å². The summed E-state index contributed by atoms with van der Waals surface area (Å²) in [6, 6.07) is 19.0. The van der Waals surface area contributed by atoms with E-state index in [1.54, 1.807) is 23.5 Å². The van der Waals surface area contributed by atoms with Crippen molar-refractivity contribution in [2.45, 2.75) is 39.4 Å². The second-order valence-corrected chi connectivity index (χ2v) is 9.07. The van der Waals surface area contributed by atoms with Gasteiger partial charge >= 0.3 is 0 Å². The van der Waals surface area contributed by atoms with Crippen molar-refractivity contribution >= 4 is 23.3 Å². The van der Waals surface area contributed by atoms with Crippen LogP contribution >= 0.6 is 0 Å². The summed E-state index contributed by atoms with van der Waals surface area (Å²) in [5.41, 5.74) is 4.71. The molecule has 0 atom stereocenters. The van der Waals surface area contributed by atoms with Gasteiger partial charge in [-0.3, -0.25) is 14.6 Å². The summed E-state index contributed by atoms with van der Waals surface area (Å²) >= 11 is 0. The second kappa shape index (κ2) is 11.1. The van der Waals surface area contributed by atoms with E-state index in [-0.39, 0.29) is 11.8 Å². The summed E-state index contributed by atoms with van der Waals surface area (Å²) in [7, 11) is 0. The fraction of sp³-hybridized carbons (Fsp3) is 0.241. The average molecular weight is 495 g/mol. The van der Waals surface area contributed by atoms with Gasteiger partial charge in [0.1, 0.15) is 11.5 Å². The zero-order valence-electron chi connectivity index (χ0n) is 20.9. The lowest BCUT2D eigenvalue weighted by atomic mass is 10.1. The molecule has 1 aliphatic heterocycles. The SMILES string of the molecule is CCCCNc1ccc(C(=O)N2Cc3ccc(C(=O)NCc4cccnc4)n3Cc3ccccc32)cn1. The molecule has 0 saturated heterocycles. The molecular formula is C29H30N6O2. The van der Waals surface area contributed by atoms with Crippen molar-refractivity contribution in [2.75, 3.05) is 16.8 Å². The van der Waals surface area contributed by atoms with Gasteiger partial charge in [0.25, 0.3) is 11.8 Å². The van der Waals surface area contributed by atoms with Gasteiger partial charge in [-0.1, -0.05) is 37.6 Å². The number of carbonyl (C=O) groups is 2. The number of pyridine rings is 2. The highest BCUT2D eigenvalue weighted by Gasteiger charge is 2.27. The van der Waals surface area contributed by atoms with Crippen LogP contribution in [-0.4, -0.2) is 32.9 Å². The number of aromatic nitrogens is 3. The van der Waals surface area contributed by atoms with Gasteiger partial charge in [-0.25, -0.2) is 4.98 Å². The predicted molar refractivity (Wildman–Crippen MR) is 144 cm³/mol. The van der Waals surface area contributed by atoms with Crippen LogP contribution < -0.4 is 15.5 Å². The number of amides is 2. The summed E-state index contributed by atoms with van der Waals surface area (Å²) in [5.74, 6) is 0.470. The van der Waals surface area contributed by atoms with Gasteiger partial charge in [0.15, 0.2) is 0 Å². The molecule has 188 valence electrons. The number of nitrogens with zero attached hydrogens (tertiary/aromatic N) is 4. The molecule has 2 amide bonds. The molecule has 1 aromatic carbocycles. The topological polar surface area (TPSA) is 92.2 Å². The van der Waals surface area contributed by atoms with Crippen LogP contribution in [0, 0.1) is 0 Å². The number of unbranched alkanes of at least 4 members (excludes halogenated alkanes) is 1. The second-order valence-electron chi connectivity index (χ2n) is 9.07. The van der Waals surface area contributed by atoms with Gasteiger partial charge in [0.2, 0.25) is 0 Å². The van der Waals surface area contributed by atoms with E-state index in [0.717, 1.165) is 47.7 Å². The number of carbonyl (C=O) groups excluding carboxylic acids is 2. The molecule has 0 bridgehead atoms. The van der Waals surface area contributed by atoms with Gasteiger partial charge in [-0.15, -0.1) is 0 Å². The molecule has 5 rings (SSSR count). The van der Waals surface area contributed by atoms with E-state index in [9.17, 15) is 9.59 Å². The fourth-order valence-electron chi connectivity index (χ4n) is 4.49. The van der Waals surface area contributed by atoms with Crippen molar-refractivity contribution in [3.63, 3.8) is 0 Å². The van der Waals surface area contributed by atoms with Crippen molar-refractivity contribution in [2.24, 2.45) is 0 Å². The number of hydrogen-bond acceptors (Lipinski definition) is 5. The van der Waals surface area contributed by atoms with Crippen LogP contribution in [0.5, 0.6) is 0 Å². The quantitative estimate of drug-likeness (QED) is 0.349. The number of fused-ring (bicyclic) bond motifs is 2. The predicted octanol–water partition coefficient (Wildman–Crippen LogP) is 4.63. The molecule has 4 heterocycles. The number of benzene rings is 1. The maximum absolute atomic E-state index is 13.7. The lowest BCUT2D eigenvalue weighted by Gasteiger charge is -2.22. The lowest BCUT2D eigenvalue weighted by Crippen LogP contribution is -2.31. The Labute approximate surface area is 216 Å². The highest BCUT2D eigenvalue weighted by atomic mass is 16.2. The zero-order valence-corrected chi connectivity index (χ0v) is 20.9. The molecule has 0 saturated carbocycles. The lowest BCUT2D eigenvalue weighted by molar-refractivity contribution is 0.0941. The first-order valence-electron chi connectivity index (χ1n) is 12.6. The highest BCUT2D eigenvalue weighted by molar-refractivity contribution is 6.06. The van der Waals surface area contributed by atoms with Gasteiger partial charge in [-0.2, -0.15) is 0 Å². The van der Waals surface area contributed by atoms with E-state index in [0.29, 0.717) is 30.9 Å². The summed E-state index contributed by atoms with van der Waals surface area (Å²) < 4.78 is 1.99. The third-order valence-electron chi connectivity index (χ3n) is 6.50. The number of rotatable bonds is 8. The standard InChI is InChI=1S/C29H30N6O2/c1-2-3-15-31-27-13-10-22(18-32-27)29(37)35-20-24-11-12-26(28(36)33-17-21-7-6-14-30-16-21)34(24)19-23-8-4-5-9-25(23)35/h4-14,16,18H,2-3,15,17,19-20H2,1H3,(H,31,32)(H,33,36). The maximum Gasteiger partial charge on any atom is 0.268 e. The number of nitrogens with one attached hydrogen (secondary N) is 2. The Hall–Kier alpha value is -4.46. The summed E-state index contributed by atoms with van der Waals surface area (Å²) in [6.07, 6.45) is 7.24. The highest BCUT2D eigenvalue weighted by Crippen LogP contribution is 2.30. The normalized spacial score (nSPS) is 12.3.